The summed E-state index contributed by atoms with van der Waals surface area (Å²) in [5.74, 6) is -5.59. The van der Waals surface area contributed by atoms with E-state index in [1.807, 2.05) is 0 Å². The molecule has 2 aromatic carbocycles. The first-order valence-electron chi connectivity index (χ1n) is 12.0. The standard InChI is InChI=1S/C27H27F7O/c1-2-15-3-5-16(6-4-15)7-8-17-9-10-20-18(11-17)12-21(28)24(25(20)31)19-13-22(29)26(23(30)14-19)35-27(32,33)34/h11-16H,2-10H2,1H3. The molecule has 1 fully saturated rings. The second-order valence-electron chi connectivity index (χ2n) is 9.57. The summed E-state index contributed by atoms with van der Waals surface area (Å²) in [6, 6.07) is 2.00. The normalized spacial score (nSPS) is 20.4. The van der Waals surface area contributed by atoms with Crippen LogP contribution in [-0.4, -0.2) is 6.36 Å². The van der Waals surface area contributed by atoms with E-state index < -0.39 is 46.5 Å². The second-order valence-corrected chi connectivity index (χ2v) is 9.57. The van der Waals surface area contributed by atoms with Gasteiger partial charge in [-0.3, -0.25) is 0 Å². The number of halogens is 7. The van der Waals surface area contributed by atoms with Crippen molar-refractivity contribution in [2.45, 2.75) is 71.1 Å². The van der Waals surface area contributed by atoms with Crippen LogP contribution in [-0.2, 0) is 6.42 Å². The van der Waals surface area contributed by atoms with Crippen LogP contribution in [0.15, 0.2) is 23.8 Å². The maximum Gasteiger partial charge on any atom is 0.573 e. The van der Waals surface area contributed by atoms with E-state index in [4.69, 9.17) is 0 Å². The second kappa shape index (κ2) is 10.2. The molecule has 4 rings (SSSR count). The minimum Gasteiger partial charge on any atom is -0.399 e. The lowest BCUT2D eigenvalue weighted by atomic mass is 9.78. The van der Waals surface area contributed by atoms with Crippen LogP contribution in [0.4, 0.5) is 30.7 Å². The van der Waals surface area contributed by atoms with Gasteiger partial charge in [-0.05, 0) is 72.4 Å². The largest absolute Gasteiger partial charge is 0.573 e. The Morgan fingerprint density at radius 3 is 2.09 bits per heavy atom. The average molecular weight is 500 g/mol. The number of fused-ring (bicyclic) bond motifs is 1. The lowest BCUT2D eigenvalue weighted by molar-refractivity contribution is -0.276. The van der Waals surface area contributed by atoms with Gasteiger partial charge in [0, 0.05) is 0 Å². The number of ether oxygens (including phenoxy) is 1. The van der Waals surface area contributed by atoms with E-state index in [-0.39, 0.29) is 5.56 Å². The van der Waals surface area contributed by atoms with Crippen LogP contribution >= 0.6 is 0 Å². The summed E-state index contributed by atoms with van der Waals surface area (Å²) in [5, 5.41) is 0. The quantitative estimate of drug-likeness (QED) is 0.360. The SMILES string of the molecule is CCC1CCC(CCC2=Cc3cc(F)c(-c4cc(F)c(OC(F)(F)F)c(F)c4)c(F)c3CC2)CC1. The zero-order valence-corrected chi connectivity index (χ0v) is 19.4. The minimum atomic E-state index is -5.32. The number of hydrogen-bond donors (Lipinski definition) is 0. The van der Waals surface area contributed by atoms with Crippen molar-refractivity contribution in [2.24, 2.45) is 11.8 Å². The van der Waals surface area contributed by atoms with Crippen molar-refractivity contribution in [1.29, 1.82) is 0 Å². The van der Waals surface area contributed by atoms with E-state index in [9.17, 15) is 26.3 Å². The molecule has 0 unspecified atom stereocenters. The lowest BCUT2D eigenvalue weighted by Crippen LogP contribution is -2.19. The van der Waals surface area contributed by atoms with Gasteiger partial charge in [-0.2, -0.15) is 0 Å². The van der Waals surface area contributed by atoms with Crippen LogP contribution in [0.1, 0.15) is 69.4 Å². The summed E-state index contributed by atoms with van der Waals surface area (Å²) in [7, 11) is 0. The predicted octanol–water partition coefficient (Wildman–Crippen LogP) is 9.13. The molecule has 0 N–H and O–H groups in total. The molecule has 0 bridgehead atoms. The van der Waals surface area contributed by atoms with Gasteiger partial charge in [0.15, 0.2) is 11.6 Å². The molecule has 2 aromatic rings. The fourth-order valence-corrected chi connectivity index (χ4v) is 5.34. The predicted molar refractivity (Wildman–Crippen MR) is 120 cm³/mol. The summed E-state index contributed by atoms with van der Waals surface area (Å²) < 4.78 is 99.0. The average Bonchev–Trinajstić information content (AvgIpc) is 2.79. The minimum absolute atomic E-state index is 0.227. The van der Waals surface area contributed by atoms with Crippen molar-refractivity contribution < 1.29 is 35.5 Å². The molecule has 0 atom stereocenters. The molecule has 2 aliphatic rings. The van der Waals surface area contributed by atoms with Crippen molar-refractivity contribution in [3.63, 3.8) is 0 Å². The number of rotatable bonds is 6. The Bertz CT molecular complexity index is 1090. The third-order valence-electron chi connectivity index (χ3n) is 7.33. The Balaban J connectivity index is 1.54. The smallest absolute Gasteiger partial charge is 0.399 e. The highest BCUT2D eigenvalue weighted by atomic mass is 19.4. The van der Waals surface area contributed by atoms with Crippen LogP contribution in [0, 0.1) is 35.1 Å². The monoisotopic (exact) mass is 500 g/mol. The molecule has 0 aromatic heterocycles. The Morgan fingerprint density at radius 2 is 1.49 bits per heavy atom. The third-order valence-corrected chi connectivity index (χ3v) is 7.33. The highest BCUT2D eigenvalue weighted by Crippen LogP contribution is 2.40. The van der Waals surface area contributed by atoms with E-state index in [1.165, 1.54) is 32.1 Å². The third kappa shape index (κ3) is 5.84. The summed E-state index contributed by atoms with van der Waals surface area (Å²) >= 11 is 0. The van der Waals surface area contributed by atoms with Crippen LogP contribution < -0.4 is 4.74 Å². The Labute approximate surface area is 200 Å². The first kappa shape index (κ1) is 25.6. The highest BCUT2D eigenvalue weighted by molar-refractivity contribution is 5.72. The Kier molecular flexibility index (Phi) is 7.48. The molecular formula is C27H27F7O. The van der Waals surface area contributed by atoms with E-state index in [1.54, 1.807) is 6.08 Å². The molecular weight excluding hydrogens is 473 g/mol. The summed E-state index contributed by atoms with van der Waals surface area (Å²) in [4.78, 5) is 0. The van der Waals surface area contributed by atoms with E-state index >= 15 is 4.39 Å². The van der Waals surface area contributed by atoms with E-state index in [0.29, 0.717) is 36.5 Å². The van der Waals surface area contributed by atoms with Gasteiger partial charge in [0.05, 0.1) is 5.56 Å². The number of hydrogen-bond acceptors (Lipinski definition) is 1. The highest BCUT2D eigenvalue weighted by Gasteiger charge is 2.34. The zero-order valence-electron chi connectivity index (χ0n) is 19.4. The van der Waals surface area contributed by atoms with Gasteiger partial charge in [0.25, 0.3) is 0 Å². The lowest BCUT2D eigenvalue weighted by Gasteiger charge is -2.28. The molecule has 35 heavy (non-hydrogen) atoms. The molecule has 0 radical (unpaired) electrons. The van der Waals surface area contributed by atoms with Crippen molar-refractivity contribution in [1.82, 2.24) is 0 Å². The van der Waals surface area contributed by atoms with Crippen LogP contribution in [0.25, 0.3) is 17.2 Å². The molecule has 2 aliphatic carbocycles. The van der Waals surface area contributed by atoms with Gasteiger partial charge >= 0.3 is 6.36 Å². The number of allylic oxidation sites excluding steroid dienone is 1. The Morgan fingerprint density at radius 1 is 0.857 bits per heavy atom. The maximum absolute atomic E-state index is 15.3. The molecule has 1 saturated carbocycles. The molecule has 190 valence electrons. The fourth-order valence-electron chi connectivity index (χ4n) is 5.34. The van der Waals surface area contributed by atoms with Crippen LogP contribution in [0.5, 0.6) is 5.75 Å². The molecule has 1 nitrogen and oxygen atoms in total. The molecule has 0 saturated heterocycles. The van der Waals surface area contributed by atoms with Gasteiger partial charge in [-0.25, -0.2) is 17.6 Å². The van der Waals surface area contributed by atoms with E-state index in [2.05, 4.69) is 11.7 Å². The van der Waals surface area contributed by atoms with Crippen LogP contribution in [0.2, 0.25) is 0 Å². The van der Waals surface area contributed by atoms with Crippen molar-refractivity contribution in [3.8, 4) is 16.9 Å². The topological polar surface area (TPSA) is 9.23 Å². The van der Waals surface area contributed by atoms with Gasteiger partial charge < -0.3 is 4.74 Å². The Hall–Kier alpha value is -2.51. The fraction of sp³-hybridized carbons (Fsp3) is 0.481. The summed E-state index contributed by atoms with van der Waals surface area (Å²) in [6.07, 6.45) is 5.46. The molecule has 0 amide bonds. The summed E-state index contributed by atoms with van der Waals surface area (Å²) in [6.45, 7) is 2.23. The van der Waals surface area contributed by atoms with Gasteiger partial charge in [0.1, 0.15) is 11.6 Å². The number of benzene rings is 2. The van der Waals surface area contributed by atoms with Crippen molar-refractivity contribution in [3.05, 3.63) is 58.2 Å². The maximum atomic E-state index is 15.3. The molecule has 0 aliphatic heterocycles. The van der Waals surface area contributed by atoms with Crippen LogP contribution in [0.3, 0.4) is 0 Å². The molecule has 0 spiro atoms. The number of alkyl halides is 3. The van der Waals surface area contributed by atoms with Gasteiger partial charge in [0.2, 0.25) is 5.75 Å². The molecule has 0 heterocycles. The van der Waals surface area contributed by atoms with Gasteiger partial charge in [-0.1, -0.05) is 50.7 Å². The van der Waals surface area contributed by atoms with Gasteiger partial charge in [-0.15, -0.1) is 13.2 Å². The van der Waals surface area contributed by atoms with E-state index in [0.717, 1.165) is 30.4 Å². The van der Waals surface area contributed by atoms with Crippen molar-refractivity contribution >= 4 is 6.08 Å². The molecule has 8 heteroatoms. The van der Waals surface area contributed by atoms with Crippen molar-refractivity contribution in [2.75, 3.05) is 0 Å². The first-order valence-corrected chi connectivity index (χ1v) is 12.0. The zero-order chi connectivity index (χ0) is 25.3. The summed E-state index contributed by atoms with van der Waals surface area (Å²) in [5.41, 5.74) is 0.518. The first-order chi connectivity index (χ1) is 16.6.